The van der Waals surface area contributed by atoms with E-state index in [2.05, 4.69) is 10.1 Å². The summed E-state index contributed by atoms with van der Waals surface area (Å²) in [7, 11) is 0. The Morgan fingerprint density at radius 1 is 1.12 bits per heavy atom. The van der Waals surface area contributed by atoms with Crippen LogP contribution >= 0.6 is 11.6 Å². The van der Waals surface area contributed by atoms with Crippen molar-refractivity contribution in [3.63, 3.8) is 0 Å². The molecule has 1 saturated heterocycles. The van der Waals surface area contributed by atoms with Crippen LogP contribution in [-0.2, 0) is 19.1 Å². The van der Waals surface area contributed by atoms with Crippen LogP contribution in [0.1, 0.15) is 25.7 Å². The van der Waals surface area contributed by atoms with E-state index in [4.69, 9.17) is 21.1 Å². The van der Waals surface area contributed by atoms with Gasteiger partial charge in [-0.1, -0.05) is 11.6 Å². The molecule has 1 saturated carbocycles. The largest absolute Gasteiger partial charge is 0.522 e. The lowest BCUT2D eigenvalue weighted by molar-refractivity contribution is -0.357. The lowest BCUT2D eigenvalue weighted by Gasteiger charge is -2.36. The van der Waals surface area contributed by atoms with E-state index >= 15 is 0 Å². The number of hydrogen-bond acceptors (Lipinski definition) is 5. The number of amides is 2. The molecule has 0 aromatic heterocycles. The molecular formula is C20H23ClF4N2O5. The van der Waals surface area contributed by atoms with Crippen LogP contribution in [0.15, 0.2) is 18.2 Å². The predicted molar refractivity (Wildman–Crippen MR) is 105 cm³/mol. The zero-order chi connectivity index (χ0) is 23.3. The summed E-state index contributed by atoms with van der Waals surface area (Å²) in [5.74, 6) is -1.07. The Morgan fingerprint density at radius 2 is 1.81 bits per heavy atom. The van der Waals surface area contributed by atoms with Crippen molar-refractivity contribution in [1.29, 1.82) is 0 Å². The van der Waals surface area contributed by atoms with Crippen LogP contribution in [0.3, 0.4) is 0 Å². The van der Waals surface area contributed by atoms with Gasteiger partial charge in [-0.2, -0.15) is 0 Å². The highest BCUT2D eigenvalue weighted by molar-refractivity contribution is 6.30. The number of carbonyl (C=O) groups excluding carboxylic acids is 2. The van der Waals surface area contributed by atoms with Gasteiger partial charge in [-0.25, -0.2) is 4.39 Å². The first kappa shape index (κ1) is 24.5. The smallest absolute Gasteiger partial charge is 0.484 e. The maximum atomic E-state index is 13.4. The first-order chi connectivity index (χ1) is 15.1. The standard InChI is InChI=1S/C20H23ClF4N2O5/c21-16-2-1-13(9-17(16)22)30-10-18(28)26-12-3-5-27(6-4-12)19(29)11-31-14-7-15(8-14)32-20(23,24)25/h1-2,9,12,14-15H,3-8,10-11H2,(H,26,28). The van der Waals surface area contributed by atoms with Crippen molar-refractivity contribution in [1.82, 2.24) is 10.2 Å². The van der Waals surface area contributed by atoms with E-state index in [1.807, 2.05) is 0 Å². The Labute approximate surface area is 186 Å². The van der Waals surface area contributed by atoms with E-state index in [0.29, 0.717) is 25.9 Å². The van der Waals surface area contributed by atoms with Crippen molar-refractivity contribution >= 4 is 23.4 Å². The zero-order valence-corrected chi connectivity index (χ0v) is 17.8. The van der Waals surface area contributed by atoms with Gasteiger partial charge in [-0.15, -0.1) is 13.2 Å². The van der Waals surface area contributed by atoms with Crippen LogP contribution in [0, 0.1) is 5.82 Å². The Morgan fingerprint density at radius 3 is 2.44 bits per heavy atom. The van der Waals surface area contributed by atoms with E-state index in [9.17, 15) is 27.2 Å². The molecule has 0 spiro atoms. The number of hydrogen-bond donors (Lipinski definition) is 1. The van der Waals surface area contributed by atoms with Crippen molar-refractivity contribution < 1.29 is 41.4 Å². The molecule has 0 bridgehead atoms. The van der Waals surface area contributed by atoms with E-state index in [1.165, 1.54) is 12.1 Å². The van der Waals surface area contributed by atoms with Crippen molar-refractivity contribution in [2.45, 2.75) is 50.3 Å². The fourth-order valence-electron chi connectivity index (χ4n) is 3.48. The van der Waals surface area contributed by atoms with Crippen LogP contribution < -0.4 is 10.1 Å². The average molecular weight is 483 g/mol. The lowest BCUT2D eigenvalue weighted by atomic mass is 9.92. The summed E-state index contributed by atoms with van der Waals surface area (Å²) in [5, 5.41) is 2.77. The third-order valence-electron chi connectivity index (χ3n) is 5.27. The topological polar surface area (TPSA) is 77.1 Å². The summed E-state index contributed by atoms with van der Waals surface area (Å²) in [6, 6.07) is 3.75. The van der Waals surface area contributed by atoms with Crippen molar-refractivity contribution in [3.05, 3.63) is 29.0 Å². The van der Waals surface area contributed by atoms with E-state index in [1.54, 1.807) is 4.90 Å². The number of carbonyl (C=O) groups is 2. The fraction of sp³-hybridized carbons (Fsp3) is 0.600. The number of nitrogens with zero attached hydrogens (tertiary/aromatic N) is 1. The molecule has 0 atom stereocenters. The number of likely N-dealkylation sites (tertiary alicyclic amines) is 1. The maximum absolute atomic E-state index is 13.4. The normalized spacial score (nSPS) is 21.7. The van der Waals surface area contributed by atoms with Gasteiger partial charge >= 0.3 is 6.36 Å². The van der Waals surface area contributed by atoms with E-state index < -0.39 is 24.4 Å². The molecule has 0 unspecified atom stereocenters. The highest BCUT2D eigenvalue weighted by Gasteiger charge is 2.41. The van der Waals surface area contributed by atoms with Gasteiger partial charge in [0.15, 0.2) is 6.61 Å². The summed E-state index contributed by atoms with van der Waals surface area (Å²) < 4.78 is 64.1. The average Bonchev–Trinajstić information content (AvgIpc) is 2.70. The fourth-order valence-corrected chi connectivity index (χ4v) is 3.59. The SMILES string of the molecule is O=C(COc1ccc(Cl)c(F)c1)NC1CCN(C(=O)COC2CC(OC(F)(F)F)C2)CC1. The van der Waals surface area contributed by atoms with Crippen LogP contribution in [-0.4, -0.2) is 67.6 Å². The van der Waals surface area contributed by atoms with E-state index in [-0.39, 0.29) is 54.7 Å². The minimum absolute atomic E-state index is 0.0409. The van der Waals surface area contributed by atoms with Gasteiger partial charge < -0.3 is 19.7 Å². The number of ether oxygens (including phenoxy) is 3. The van der Waals surface area contributed by atoms with Gasteiger partial charge in [0.2, 0.25) is 5.91 Å². The molecule has 1 heterocycles. The summed E-state index contributed by atoms with van der Waals surface area (Å²) in [5.41, 5.74) is 0. The van der Waals surface area contributed by atoms with Gasteiger partial charge in [0, 0.05) is 38.0 Å². The number of halogens is 5. The number of nitrogens with one attached hydrogen (secondary N) is 1. The zero-order valence-electron chi connectivity index (χ0n) is 17.0. The Balaban J connectivity index is 1.28. The predicted octanol–water partition coefficient (Wildman–Crippen LogP) is 3.05. The number of benzene rings is 1. The first-order valence-electron chi connectivity index (χ1n) is 10.1. The van der Waals surface area contributed by atoms with Gasteiger partial charge in [0.25, 0.3) is 5.91 Å². The Kier molecular flexibility index (Phi) is 8.18. The molecule has 178 valence electrons. The minimum Gasteiger partial charge on any atom is -0.484 e. The molecule has 2 aliphatic rings. The highest BCUT2D eigenvalue weighted by Crippen LogP contribution is 2.32. The molecule has 1 aliphatic carbocycles. The molecule has 7 nitrogen and oxygen atoms in total. The number of piperidine rings is 1. The summed E-state index contributed by atoms with van der Waals surface area (Å²) in [4.78, 5) is 25.9. The third-order valence-corrected chi connectivity index (χ3v) is 5.57. The molecular weight excluding hydrogens is 460 g/mol. The van der Waals surface area contributed by atoms with Crippen LogP contribution in [0.25, 0.3) is 0 Å². The van der Waals surface area contributed by atoms with Gasteiger partial charge in [-0.05, 0) is 25.0 Å². The first-order valence-corrected chi connectivity index (χ1v) is 10.5. The van der Waals surface area contributed by atoms with Gasteiger partial charge in [0.05, 0.1) is 17.2 Å². The number of rotatable bonds is 8. The Bertz CT molecular complexity index is 812. The van der Waals surface area contributed by atoms with Crippen LogP contribution in [0.4, 0.5) is 17.6 Å². The monoisotopic (exact) mass is 482 g/mol. The molecule has 32 heavy (non-hydrogen) atoms. The third kappa shape index (κ3) is 7.49. The molecule has 2 fully saturated rings. The maximum Gasteiger partial charge on any atom is 0.522 e. The van der Waals surface area contributed by atoms with Crippen molar-refractivity contribution in [2.24, 2.45) is 0 Å². The number of alkyl halides is 3. The molecule has 1 aromatic rings. The molecule has 3 rings (SSSR count). The summed E-state index contributed by atoms with van der Waals surface area (Å²) in [6.45, 7) is 0.349. The quantitative estimate of drug-likeness (QED) is 0.576. The second-order valence-electron chi connectivity index (χ2n) is 7.68. The van der Waals surface area contributed by atoms with Crippen LogP contribution in [0.2, 0.25) is 5.02 Å². The van der Waals surface area contributed by atoms with E-state index in [0.717, 1.165) is 6.07 Å². The highest BCUT2D eigenvalue weighted by atomic mass is 35.5. The van der Waals surface area contributed by atoms with Gasteiger partial charge in [-0.3, -0.25) is 14.3 Å². The second-order valence-corrected chi connectivity index (χ2v) is 8.08. The minimum atomic E-state index is -4.66. The molecule has 2 amide bonds. The summed E-state index contributed by atoms with van der Waals surface area (Å²) in [6.07, 6.45) is -4.72. The summed E-state index contributed by atoms with van der Waals surface area (Å²) >= 11 is 5.59. The Hall–Kier alpha value is -2.11. The molecule has 1 aromatic carbocycles. The second kappa shape index (κ2) is 10.7. The molecule has 0 radical (unpaired) electrons. The molecule has 1 N–H and O–H groups in total. The van der Waals surface area contributed by atoms with Crippen molar-refractivity contribution in [3.8, 4) is 5.75 Å². The van der Waals surface area contributed by atoms with Crippen LogP contribution in [0.5, 0.6) is 5.75 Å². The van der Waals surface area contributed by atoms with Crippen molar-refractivity contribution in [2.75, 3.05) is 26.3 Å². The molecule has 1 aliphatic heterocycles. The lowest BCUT2D eigenvalue weighted by Crippen LogP contribution is -2.49. The van der Waals surface area contributed by atoms with Gasteiger partial charge in [0.1, 0.15) is 18.2 Å². The molecule has 12 heteroatoms.